The van der Waals surface area contributed by atoms with E-state index in [1.165, 1.54) is 18.2 Å². The predicted molar refractivity (Wildman–Crippen MR) is 74.9 cm³/mol. The monoisotopic (exact) mass is 277 g/mol. The molecule has 1 aliphatic carbocycles. The molecule has 20 heavy (non-hydrogen) atoms. The van der Waals surface area contributed by atoms with Crippen LogP contribution in [0.4, 0.5) is 5.69 Å². The van der Waals surface area contributed by atoms with E-state index in [4.69, 9.17) is 5.11 Å². The predicted octanol–water partition coefficient (Wildman–Crippen LogP) is 3.00. The molecule has 3 N–H and O–H groups in total. The van der Waals surface area contributed by atoms with Gasteiger partial charge in [-0.3, -0.25) is 4.79 Å². The summed E-state index contributed by atoms with van der Waals surface area (Å²) in [5.41, 5.74) is 0.207. The number of hydrogen-bond acceptors (Lipinski definition) is 3. The molecule has 1 amide bonds. The molecular formula is C15H19NO4. The molecule has 5 nitrogen and oxygen atoms in total. The highest BCUT2D eigenvalue weighted by atomic mass is 16.4. The van der Waals surface area contributed by atoms with Crippen LogP contribution in [0.15, 0.2) is 18.2 Å². The van der Waals surface area contributed by atoms with Crippen LogP contribution in [-0.4, -0.2) is 22.1 Å². The zero-order chi connectivity index (χ0) is 14.5. The number of amides is 1. The minimum absolute atomic E-state index is 0.0407. The first-order valence-corrected chi connectivity index (χ1v) is 6.95. The Kier molecular flexibility index (Phi) is 4.61. The highest BCUT2D eigenvalue weighted by Crippen LogP contribution is 2.28. The topological polar surface area (TPSA) is 86.6 Å². The summed E-state index contributed by atoms with van der Waals surface area (Å²) in [7, 11) is 0. The van der Waals surface area contributed by atoms with E-state index in [2.05, 4.69) is 5.32 Å². The summed E-state index contributed by atoms with van der Waals surface area (Å²) < 4.78 is 0. The van der Waals surface area contributed by atoms with Crippen molar-refractivity contribution in [2.24, 2.45) is 5.92 Å². The van der Waals surface area contributed by atoms with Gasteiger partial charge in [0.05, 0.1) is 11.3 Å². The molecule has 0 atom stereocenters. The normalized spacial score (nSPS) is 16.4. The van der Waals surface area contributed by atoms with Gasteiger partial charge in [0.2, 0.25) is 5.91 Å². The van der Waals surface area contributed by atoms with E-state index in [-0.39, 0.29) is 28.8 Å². The first-order chi connectivity index (χ1) is 9.58. The molecule has 0 radical (unpaired) electrons. The van der Waals surface area contributed by atoms with E-state index in [1.807, 2.05) is 0 Å². The van der Waals surface area contributed by atoms with E-state index in [0.29, 0.717) is 0 Å². The molecular weight excluding hydrogens is 258 g/mol. The second-order valence-electron chi connectivity index (χ2n) is 5.21. The number of aromatic hydroxyl groups is 1. The standard InChI is InChI=1S/C15H19NO4/c17-13-8-7-11(15(19)20)9-12(13)16-14(18)10-5-3-1-2-4-6-10/h7-10,17H,1-6H2,(H,16,18)(H,19,20). The van der Waals surface area contributed by atoms with Gasteiger partial charge in [-0.1, -0.05) is 25.7 Å². The third kappa shape index (κ3) is 3.50. The molecule has 5 heteroatoms. The fourth-order valence-corrected chi connectivity index (χ4v) is 2.55. The van der Waals surface area contributed by atoms with Crippen LogP contribution >= 0.6 is 0 Å². The molecule has 108 valence electrons. The number of phenolic OH excluding ortho intramolecular Hbond substituents is 1. The van der Waals surface area contributed by atoms with Gasteiger partial charge >= 0.3 is 5.97 Å². The number of aromatic carboxylic acids is 1. The largest absolute Gasteiger partial charge is 0.506 e. The van der Waals surface area contributed by atoms with Crippen molar-refractivity contribution in [3.8, 4) is 5.75 Å². The number of carboxylic acids is 1. The van der Waals surface area contributed by atoms with Crippen molar-refractivity contribution < 1.29 is 19.8 Å². The molecule has 0 aromatic heterocycles. The lowest BCUT2D eigenvalue weighted by molar-refractivity contribution is -0.120. The van der Waals surface area contributed by atoms with E-state index >= 15 is 0 Å². The van der Waals surface area contributed by atoms with Gasteiger partial charge in [0, 0.05) is 5.92 Å². The summed E-state index contributed by atoms with van der Waals surface area (Å²) in [5, 5.41) is 21.3. The summed E-state index contributed by atoms with van der Waals surface area (Å²) in [6.07, 6.45) is 6.10. The molecule has 1 aliphatic rings. The first-order valence-electron chi connectivity index (χ1n) is 6.95. The lowest BCUT2D eigenvalue weighted by atomic mass is 9.99. The van der Waals surface area contributed by atoms with Crippen LogP contribution < -0.4 is 5.32 Å². The van der Waals surface area contributed by atoms with Crippen molar-refractivity contribution in [1.29, 1.82) is 0 Å². The Bertz CT molecular complexity index is 505. The molecule has 0 spiro atoms. The number of carbonyl (C=O) groups excluding carboxylic acids is 1. The maximum absolute atomic E-state index is 12.2. The summed E-state index contributed by atoms with van der Waals surface area (Å²) in [6.45, 7) is 0. The Morgan fingerprint density at radius 1 is 1.10 bits per heavy atom. The third-order valence-corrected chi connectivity index (χ3v) is 3.73. The maximum atomic E-state index is 12.2. The molecule has 0 unspecified atom stereocenters. The fourth-order valence-electron chi connectivity index (χ4n) is 2.55. The van der Waals surface area contributed by atoms with Gasteiger partial charge in [-0.15, -0.1) is 0 Å². The summed E-state index contributed by atoms with van der Waals surface area (Å²) >= 11 is 0. The van der Waals surface area contributed by atoms with Crippen molar-refractivity contribution in [2.75, 3.05) is 5.32 Å². The van der Waals surface area contributed by atoms with Gasteiger partial charge in [0.1, 0.15) is 5.75 Å². The SMILES string of the molecule is O=C(O)c1ccc(O)c(NC(=O)C2CCCCCC2)c1. The van der Waals surface area contributed by atoms with Gasteiger partial charge in [-0.2, -0.15) is 0 Å². The van der Waals surface area contributed by atoms with Gasteiger partial charge < -0.3 is 15.5 Å². The number of hydrogen-bond donors (Lipinski definition) is 3. The van der Waals surface area contributed by atoms with E-state index in [1.54, 1.807) is 0 Å². The third-order valence-electron chi connectivity index (χ3n) is 3.73. The molecule has 1 aromatic rings. The zero-order valence-corrected chi connectivity index (χ0v) is 11.3. The van der Waals surface area contributed by atoms with Crippen LogP contribution in [0.5, 0.6) is 5.75 Å². The first kappa shape index (κ1) is 14.4. The maximum Gasteiger partial charge on any atom is 0.335 e. The summed E-state index contributed by atoms with van der Waals surface area (Å²) in [4.78, 5) is 23.1. The van der Waals surface area contributed by atoms with Gasteiger partial charge in [-0.25, -0.2) is 4.79 Å². The Morgan fingerprint density at radius 2 is 1.75 bits per heavy atom. The van der Waals surface area contributed by atoms with E-state index in [0.717, 1.165) is 38.5 Å². The average Bonchev–Trinajstić information content (AvgIpc) is 2.70. The van der Waals surface area contributed by atoms with Gasteiger partial charge in [0.15, 0.2) is 0 Å². The van der Waals surface area contributed by atoms with E-state index < -0.39 is 5.97 Å². The van der Waals surface area contributed by atoms with Gasteiger partial charge in [-0.05, 0) is 31.0 Å². The Hall–Kier alpha value is -2.04. The van der Waals surface area contributed by atoms with E-state index in [9.17, 15) is 14.7 Å². The number of carbonyl (C=O) groups is 2. The number of benzene rings is 1. The second-order valence-corrected chi connectivity index (χ2v) is 5.21. The van der Waals surface area contributed by atoms with Crippen molar-refractivity contribution in [3.05, 3.63) is 23.8 Å². The molecule has 1 aromatic carbocycles. The quantitative estimate of drug-likeness (QED) is 0.585. The van der Waals surface area contributed by atoms with Crippen molar-refractivity contribution in [3.63, 3.8) is 0 Å². The fraction of sp³-hybridized carbons (Fsp3) is 0.467. The van der Waals surface area contributed by atoms with Gasteiger partial charge in [0.25, 0.3) is 0 Å². The minimum atomic E-state index is -1.09. The molecule has 0 saturated heterocycles. The number of rotatable bonds is 3. The van der Waals surface area contributed by atoms with Crippen LogP contribution in [0.2, 0.25) is 0 Å². The number of carboxylic acid groups (broad SMARTS) is 1. The number of anilines is 1. The summed E-state index contributed by atoms with van der Waals surface area (Å²) in [5.74, 6) is -1.39. The van der Waals surface area contributed by atoms with Crippen LogP contribution in [0, 0.1) is 5.92 Å². The second kappa shape index (κ2) is 6.41. The molecule has 0 heterocycles. The smallest absolute Gasteiger partial charge is 0.335 e. The van der Waals surface area contributed by atoms with Crippen molar-refractivity contribution in [1.82, 2.24) is 0 Å². The van der Waals surface area contributed by atoms with Crippen LogP contribution in [-0.2, 0) is 4.79 Å². The highest BCUT2D eigenvalue weighted by Gasteiger charge is 2.21. The Balaban J connectivity index is 2.10. The van der Waals surface area contributed by atoms with Crippen LogP contribution in [0.1, 0.15) is 48.9 Å². The van der Waals surface area contributed by atoms with Crippen LogP contribution in [0.3, 0.4) is 0 Å². The van der Waals surface area contributed by atoms with Crippen LogP contribution in [0.25, 0.3) is 0 Å². The van der Waals surface area contributed by atoms with Crippen molar-refractivity contribution >= 4 is 17.6 Å². The minimum Gasteiger partial charge on any atom is -0.506 e. The lowest BCUT2D eigenvalue weighted by Gasteiger charge is -2.15. The average molecular weight is 277 g/mol. The Labute approximate surface area is 117 Å². The van der Waals surface area contributed by atoms with Crippen molar-refractivity contribution in [2.45, 2.75) is 38.5 Å². The zero-order valence-electron chi connectivity index (χ0n) is 11.3. The molecule has 0 aliphatic heterocycles. The highest BCUT2D eigenvalue weighted by molar-refractivity contribution is 5.96. The molecule has 2 rings (SSSR count). The number of phenols is 1. The summed E-state index contributed by atoms with van der Waals surface area (Å²) in [6, 6.07) is 3.87. The number of nitrogens with one attached hydrogen (secondary N) is 1. The Morgan fingerprint density at radius 3 is 2.35 bits per heavy atom. The molecule has 1 fully saturated rings. The lowest BCUT2D eigenvalue weighted by Crippen LogP contribution is -2.22. The molecule has 0 bridgehead atoms. The molecule has 1 saturated carbocycles.